The van der Waals surface area contributed by atoms with Crippen LogP contribution in [0.3, 0.4) is 0 Å². The standard InChI is InChI=1S/C7H12N2O4S/c1-7(2,4-8)5-9-14(12,13)3-6(10)11/h9H,3,5H2,1-2H3,(H,10,11). The molecule has 0 radical (unpaired) electrons. The van der Waals surface area contributed by atoms with E-state index >= 15 is 0 Å². The fourth-order valence-corrected chi connectivity index (χ4v) is 1.55. The first-order valence-electron chi connectivity index (χ1n) is 3.79. The first kappa shape index (κ1) is 12.9. The molecule has 0 atom stereocenters. The molecule has 14 heavy (non-hydrogen) atoms. The van der Waals surface area contributed by atoms with Crippen LogP contribution < -0.4 is 4.72 Å². The summed E-state index contributed by atoms with van der Waals surface area (Å²) in [5.41, 5.74) is -0.842. The fraction of sp³-hybridized carbons (Fsp3) is 0.714. The Kier molecular flexibility index (Phi) is 4.04. The Morgan fingerprint density at radius 2 is 2.07 bits per heavy atom. The zero-order valence-electron chi connectivity index (χ0n) is 7.94. The third kappa shape index (κ3) is 5.50. The minimum absolute atomic E-state index is 0.0981. The van der Waals surface area contributed by atoms with Crippen molar-refractivity contribution in [3.63, 3.8) is 0 Å². The number of aliphatic carboxylic acids is 1. The molecule has 0 aromatic rings. The summed E-state index contributed by atoms with van der Waals surface area (Å²) in [6.45, 7) is 3.01. The lowest BCUT2D eigenvalue weighted by molar-refractivity contribution is -0.134. The molecule has 0 aromatic carbocycles. The molecule has 0 spiro atoms. The van der Waals surface area contributed by atoms with E-state index in [9.17, 15) is 13.2 Å². The van der Waals surface area contributed by atoms with E-state index < -0.39 is 27.2 Å². The number of carboxylic acids is 1. The molecule has 0 aliphatic heterocycles. The van der Waals surface area contributed by atoms with Crippen molar-refractivity contribution in [1.82, 2.24) is 4.72 Å². The summed E-state index contributed by atoms with van der Waals surface area (Å²) in [7, 11) is -3.82. The molecule has 0 rings (SSSR count). The summed E-state index contributed by atoms with van der Waals surface area (Å²) >= 11 is 0. The molecule has 0 heterocycles. The van der Waals surface area contributed by atoms with Crippen molar-refractivity contribution in [2.75, 3.05) is 12.3 Å². The van der Waals surface area contributed by atoms with Crippen molar-refractivity contribution >= 4 is 16.0 Å². The van der Waals surface area contributed by atoms with Gasteiger partial charge in [0, 0.05) is 6.54 Å². The number of carbonyl (C=O) groups is 1. The zero-order valence-corrected chi connectivity index (χ0v) is 8.76. The average Bonchev–Trinajstić information content (AvgIpc) is 1.99. The summed E-state index contributed by atoms with van der Waals surface area (Å²) in [5.74, 6) is -2.40. The van der Waals surface area contributed by atoms with E-state index in [2.05, 4.69) is 4.72 Å². The number of nitrogens with one attached hydrogen (secondary N) is 1. The monoisotopic (exact) mass is 220 g/mol. The summed E-state index contributed by atoms with van der Waals surface area (Å²) < 4.78 is 24.1. The van der Waals surface area contributed by atoms with Gasteiger partial charge in [-0.2, -0.15) is 5.26 Å². The molecule has 0 aliphatic rings. The van der Waals surface area contributed by atoms with Crippen molar-refractivity contribution in [2.24, 2.45) is 5.41 Å². The quantitative estimate of drug-likeness (QED) is 0.652. The zero-order chi connectivity index (χ0) is 11.4. The predicted molar refractivity (Wildman–Crippen MR) is 48.8 cm³/mol. The fourth-order valence-electron chi connectivity index (χ4n) is 0.543. The molecule has 0 aromatic heterocycles. The van der Waals surface area contributed by atoms with Gasteiger partial charge in [0.25, 0.3) is 0 Å². The van der Waals surface area contributed by atoms with Crippen LogP contribution in [0.15, 0.2) is 0 Å². The molecule has 2 N–H and O–H groups in total. The van der Waals surface area contributed by atoms with Gasteiger partial charge in [-0.1, -0.05) is 0 Å². The van der Waals surface area contributed by atoms with Gasteiger partial charge in [-0.15, -0.1) is 0 Å². The maximum atomic E-state index is 11.0. The first-order chi connectivity index (χ1) is 6.18. The second-order valence-corrected chi connectivity index (χ2v) is 5.28. The van der Waals surface area contributed by atoms with Crippen LogP contribution in [0.25, 0.3) is 0 Å². The lowest BCUT2D eigenvalue weighted by Gasteiger charge is -2.15. The second-order valence-electron chi connectivity index (χ2n) is 3.47. The van der Waals surface area contributed by atoms with Gasteiger partial charge in [0.05, 0.1) is 11.5 Å². The summed E-state index contributed by atoms with van der Waals surface area (Å²) in [5, 5.41) is 16.8. The van der Waals surface area contributed by atoms with E-state index in [1.807, 2.05) is 6.07 Å². The van der Waals surface area contributed by atoms with Crippen molar-refractivity contribution in [1.29, 1.82) is 5.26 Å². The highest BCUT2D eigenvalue weighted by molar-refractivity contribution is 7.90. The van der Waals surface area contributed by atoms with Gasteiger partial charge in [0.15, 0.2) is 5.75 Å². The molecular formula is C7H12N2O4S. The minimum Gasteiger partial charge on any atom is -0.480 e. The Labute approximate surface area is 82.6 Å². The van der Waals surface area contributed by atoms with E-state index in [0.717, 1.165) is 0 Å². The van der Waals surface area contributed by atoms with Gasteiger partial charge in [0.1, 0.15) is 0 Å². The highest BCUT2D eigenvalue weighted by Crippen LogP contribution is 2.10. The number of nitriles is 1. The van der Waals surface area contributed by atoms with Gasteiger partial charge in [-0.25, -0.2) is 13.1 Å². The lowest BCUT2D eigenvalue weighted by Crippen LogP contribution is -2.36. The van der Waals surface area contributed by atoms with E-state index in [0.29, 0.717) is 0 Å². The summed E-state index contributed by atoms with van der Waals surface area (Å²) in [4.78, 5) is 10.1. The summed E-state index contributed by atoms with van der Waals surface area (Å²) in [6, 6.07) is 1.89. The van der Waals surface area contributed by atoms with Gasteiger partial charge in [-0.3, -0.25) is 4.79 Å². The van der Waals surface area contributed by atoms with Gasteiger partial charge in [0.2, 0.25) is 10.0 Å². The highest BCUT2D eigenvalue weighted by Gasteiger charge is 2.22. The molecule has 0 aliphatic carbocycles. The smallest absolute Gasteiger partial charge is 0.320 e. The van der Waals surface area contributed by atoms with Crippen LogP contribution >= 0.6 is 0 Å². The Hall–Kier alpha value is -1.13. The lowest BCUT2D eigenvalue weighted by atomic mass is 9.97. The first-order valence-corrected chi connectivity index (χ1v) is 5.44. The molecule has 0 amide bonds. The molecule has 0 fully saturated rings. The van der Waals surface area contributed by atoms with Crippen molar-refractivity contribution in [3.05, 3.63) is 0 Å². The van der Waals surface area contributed by atoms with Crippen LogP contribution in [0.2, 0.25) is 0 Å². The number of rotatable bonds is 5. The third-order valence-corrected chi connectivity index (χ3v) is 2.56. The Morgan fingerprint density at radius 3 is 2.43 bits per heavy atom. The SMILES string of the molecule is CC(C)(C#N)CNS(=O)(=O)CC(=O)O. The Morgan fingerprint density at radius 1 is 1.57 bits per heavy atom. The molecule has 0 saturated heterocycles. The minimum atomic E-state index is -3.82. The molecule has 0 bridgehead atoms. The van der Waals surface area contributed by atoms with Crippen LogP contribution in [0.1, 0.15) is 13.8 Å². The van der Waals surface area contributed by atoms with Crippen LogP contribution in [0.4, 0.5) is 0 Å². The van der Waals surface area contributed by atoms with Crippen molar-refractivity contribution in [2.45, 2.75) is 13.8 Å². The van der Waals surface area contributed by atoms with Gasteiger partial charge >= 0.3 is 5.97 Å². The largest absolute Gasteiger partial charge is 0.480 e. The molecule has 80 valence electrons. The number of nitrogens with zero attached hydrogens (tertiary/aromatic N) is 1. The normalized spacial score (nSPS) is 12.1. The highest BCUT2D eigenvalue weighted by atomic mass is 32.2. The van der Waals surface area contributed by atoms with Gasteiger partial charge < -0.3 is 5.11 Å². The molecule has 0 unspecified atom stereocenters. The maximum absolute atomic E-state index is 11.0. The topological polar surface area (TPSA) is 107 Å². The molecular weight excluding hydrogens is 208 g/mol. The number of sulfonamides is 1. The van der Waals surface area contributed by atoms with Crippen LogP contribution in [0.5, 0.6) is 0 Å². The number of hydrogen-bond donors (Lipinski definition) is 2. The van der Waals surface area contributed by atoms with Crippen LogP contribution in [-0.4, -0.2) is 31.8 Å². The van der Waals surface area contributed by atoms with Crippen LogP contribution in [0, 0.1) is 16.7 Å². The van der Waals surface area contributed by atoms with E-state index in [4.69, 9.17) is 10.4 Å². The van der Waals surface area contributed by atoms with Gasteiger partial charge in [-0.05, 0) is 13.8 Å². The van der Waals surface area contributed by atoms with E-state index in [1.54, 1.807) is 13.8 Å². The Bertz CT molecular complexity index is 352. The average molecular weight is 220 g/mol. The molecule has 7 heteroatoms. The second kappa shape index (κ2) is 4.39. The molecule has 6 nitrogen and oxygen atoms in total. The van der Waals surface area contributed by atoms with Crippen molar-refractivity contribution in [3.8, 4) is 6.07 Å². The molecule has 0 saturated carbocycles. The number of hydrogen-bond acceptors (Lipinski definition) is 4. The van der Waals surface area contributed by atoms with E-state index in [-0.39, 0.29) is 6.54 Å². The van der Waals surface area contributed by atoms with E-state index in [1.165, 1.54) is 0 Å². The third-order valence-electron chi connectivity index (χ3n) is 1.35. The predicted octanol–water partition coefficient (Wildman–Crippen LogP) is -0.460. The Balaban J connectivity index is 4.29. The summed E-state index contributed by atoms with van der Waals surface area (Å²) in [6.07, 6.45) is 0. The maximum Gasteiger partial charge on any atom is 0.320 e. The van der Waals surface area contributed by atoms with Crippen LogP contribution in [-0.2, 0) is 14.8 Å². The number of carboxylic acid groups (broad SMARTS) is 1. The van der Waals surface area contributed by atoms with Crippen molar-refractivity contribution < 1.29 is 18.3 Å².